The van der Waals surface area contributed by atoms with Gasteiger partial charge in [0.25, 0.3) is 0 Å². The lowest BCUT2D eigenvalue weighted by molar-refractivity contribution is 0.238. The van der Waals surface area contributed by atoms with Crippen LogP contribution in [0.5, 0.6) is 5.75 Å². The van der Waals surface area contributed by atoms with Crippen LogP contribution in [0.25, 0.3) is 0 Å². The molecule has 24 heavy (non-hydrogen) atoms. The Balaban J connectivity index is 1.64. The highest BCUT2D eigenvalue weighted by atomic mass is 16.5. The number of ether oxygens (including phenoxy) is 1. The molecule has 2 aromatic rings. The fraction of sp³-hybridized carbons (Fsp3) is 0.429. The molecular formula is C21H28N2O. The summed E-state index contributed by atoms with van der Waals surface area (Å²) in [7, 11) is 0. The van der Waals surface area contributed by atoms with Gasteiger partial charge in [-0.1, -0.05) is 48.5 Å². The maximum atomic E-state index is 5.73. The van der Waals surface area contributed by atoms with E-state index < -0.39 is 0 Å². The van der Waals surface area contributed by atoms with Gasteiger partial charge in [-0.3, -0.25) is 4.90 Å². The first-order valence-electron chi connectivity index (χ1n) is 9.09. The highest BCUT2D eigenvalue weighted by Gasteiger charge is 2.22. The second-order valence-electron chi connectivity index (χ2n) is 6.34. The highest BCUT2D eigenvalue weighted by molar-refractivity contribution is 5.33. The van der Waals surface area contributed by atoms with Gasteiger partial charge in [0.15, 0.2) is 0 Å². The summed E-state index contributed by atoms with van der Waals surface area (Å²) in [5, 5.41) is 3.65. The van der Waals surface area contributed by atoms with Gasteiger partial charge >= 0.3 is 0 Å². The molecule has 0 spiro atoms. The monoisotopic (exact) mass is 324 g/mol. The van der Waals surface area contributed by atoms with Gasteiger partial charge in [-0.2, -0.15) is 0 Å². The van der Waals surface area contributed by atoms with Crippen LogP contribution < -0.4 is 10.1 Å². The van der Waals surface area contributed by atoms with Crippen molar-refractivity contribution in [1.82, 2.24) is 10.2 Å². The Bertz CT molecular complexity index is 608. The van der Waals surface area contributed by atoms with Crippen LogP contribution >= 0.6 is 0 Å². The SMILES string of the molecule is CCOc1ccccc1CNCC(c1ccccc1)N1CCCC1. The molecule has 0 amide bonds. The standard InChI is InChI=1S/C21H28N2O/c1-2-24-21-13-7-6-12-19(21)16-22-17-20(23-14-8-9-15-23)18-10-4-3-5-11-18/h3-7,10-13,20,22H,2,8-9,14-17H2,1H3. The molecule has 1 heterocycles. The van der Waals surface area contributed by atoms with E-state index in [-0.39, 0.29) is 0 Å². The summed E-state index contributed by atoms with van der Waals surface area (Å²) >= 11 is 0. The maximum Gasteiger partial charge on any atom is 0.123 e. The van der Waals surface area contributed by atoms with Gasteiger partial charge in [-0.25, -0.2) is 0 Å². The van der Waals surface area contributed by atoms with Crippen LogP contribution in [0.1, 0.15) is 36.9 Å². The third kappa shape index (κ3) is 4.37. The van der Waals surface area contributed by atoms with E-state index in [1.165, 1.54) is 37.1 Å². The summed E-state index contributed by atoms with van der Waals surface area (Å²) in [5.74, 6) is 0.991. The van der Waals surface area contributed by atoms with Crippen molar-refractivity contribution in [1.29, 1.82) is 0 Å². The molecule has 0 aromatic heterocycles. The van der Waals surface area contributed by atoms with E-state index in [9.17, 15) is 0 Å². The molecule has 3 rings (SSSR count). The molecule has 0 radical (unpaired) electrons. The van der Waals surface area contributed by atoms with E-state index in [0.717, 1.165) is 18.8 Å². The van der Waals surface area contributed by atoms with Gasteiger partial charge in [-0.15, -0.1) is 0 Å². The Morgan fingerprint density at radius 2 is 1.71 bits per heavy atom. The minimum Gasteiger partial charge on any atom is -0.494 e. The van der Waals surface area contributed by atoms with E-state index in [4.69, 9.17) is 4.74 Å². The summed E-state index contributed by atoms with van der Waals surface area (Å²) in [4.78, 5) is 2.61. The molecule has 1 N–H and O–H groups in total. The number of rotatable bonds is 8. The zero-order chi connectivity index (χ0) is 16.6. The first-order valence-corrected chi connectivity index (χ1v) is 9.09. The molecule has 1 unspecified atom stereocenters. The lowest BCUT2D eigenvalue weighted by Crippen LogP contribution is -2.34. The molecule has 1 fully saturated rings. The van der Waals surface area contributed by atoms with Crippen molar-refractivity contribution in [3.05, 3.63) is 65.7 Å². The van der Waals surface area contributed by atoms with Gasteiger partial charge in [-0.05, 0) is 44.5 Å². The van der Waals surface area contributed by atoms with Crippen LogP contribution in [0.2, 0.25) is 0 Å². The molecule has 1 aliphatic heterocycles. The van der Waals surface area contributed by atoms with Gasteiger partial charge in [0.2, 0.25) is 0 Å². The quantitative estimate of drug-likeness (QED) is 0.794. The second-order valence-corrected chi connectivity index (χ2v) is 6.34. The van der Waals surface area contributed by atoms with Crippen LogP contribution in [0.15, 0.2) is 54.6 Å². The predicted octanol–water partition coefficient (Wildman–Crippen LogP) is 4.01. The molecule has 0 saturated carbocycles. The lowest BCUT2D eigenvalue weighted by atomic mass is 10.1. The molecule has 1 saturated heterocycles. The number of hydrogen-bond donors (Lipinski definition) is 1. The average molecular weight is 324 g/mol. The number of likely N-dealkylation sites (tertiary alicyclic amines) is 1. The number of nitrogens with zero attached hydrogens (tertiary/aromatic N) is 1. The summed E-state index contributed by atoms with van der Waals surface area (Å²) in [5.41, 5.74) is 2.64. The molecular weight excluding hydrogens is 296 g/mol. The number of para-hydroxylation sites is 1. The Morgan fingerprint density at radius 1 is 1.00 bits per heavy atom. The fourth-order valence-corrected chi connectivity index (χ4v) is 3.48. The maximum absolute atomic E-state index is 5.73. The molecule has 128 valence electrons. The smallest absolute Gasteiger partial charge is 0.123 e. The van der Waals surface area contributed by atoms with Crippen LogP contribution in [-0.2, 0) is 6.54 Å². The molecule has 1 aliphatic rings. The Morgan fingerprint density at radius 3 is 2.46 bits per heavy atom. The van der Waals surface area contributed by atoms with E-state index in [1.54, 1.807) is 0 Å². The highest BCUT2D eigenvalue weighted by Crippen LogP contribution is 2.25. The van der Waals surface area contributed by atoms with Gasteiger partial charge in [0.05, 0.1) is 6.61 Å². The lowest BCUT2D eigenvalue weighted by Gasteiger charge is -2.28. The number of hydrogen-bond acceptors (Lipinski definition) is 3. The Kier molecular flexibility index (Phi) is 6.27. The summed E-state index contributed by atoms with van der Waals surface area (Å²) in [6.07, 6.45) is 2.63. The van der Waals surface area contributed by atoms with E-state index in [0.29, 0.717) is 12.6 Å². The van der Waals surface area contributed by atoms with Crippen molar-refractivity contribution in [3.8, 4) is 5.75 Å². The van der Waals surface area contributed by atoms with Crippen LogP contribution in [0.4, 0.5) is 0 Å². The normalized spacial score (nSPS) is 16.2. The third-order valence-corrected chi connectivity index (χ3v) is 4.69. The van der Waals surface area contributed by atoms with Crippen LogP contribution in [-0.4, -0.2) is 31.1 Å². The molecule has 0 aliphatic carbocycles. The average Bonchev–Trinajstić information content (AvgIpc) is 3.15. The Hall–Kier alpha value is -1.84. The summed E-state index contributed by atoms with van der Waals surface area (Å²) in [6, 6.07) is 19.6. The van der Waals surface area contributed by atoms with E-state index >= 15 is 0 Å². The molecule has 1 atom stereocenters. The van der Waals surface area contributed by atoms with Crippen molar-refractivity contribution in [2.45, 2.75) is 32.4 Å². The fourth-order valence-electron chi connectivity index (χ4n) is 3.48. The van der Waals surface area contributed by atoms with Crippen molar-refractivity contribution in [2.24, 2.45) is 0 Å². The first-order chi connectivity index (χ1) is 11.9. The second kappa shape index (κ2) is 8.86. The molecule has 3 heteroatoms. The van der Waals surface area contributed by atoms with Crippen molar-refractivity contribution >= 4 is 0 Å². The zero-order valence-corrected chi connectivity index (χ0v) is 14.6. The summed E-state index contributed by atoms with van der Waals surface area (Å²) in [6.45, 7) is 6.95. The number of benzene rings is 2. The van der Waals surface area contributed by atoms with E-state index in [2.05, 4.69) is 58.7 Å². The van der Waals surface area contributed by atoms with Crippen molar-refractivity contribution in [2.75, 3.05) is 26.2 Å². The van der Waals surface area contributed by atoms with E-state index in [1.807, 2.05) is 13.0 Å². The molecule has 0 bridgehead atoms. The molecule has 2 aromatic carbocycles. The van der Waals surface area contributed by atoms with Gasteiger partial charge < -0.3 is 10.1 Å². The largest absolute Gasteiger partial charge is 0.494 e. The first kappa shape index (κ1) is 17.0. The van der Waals surface area contributed by atoms with Crippen LogP contribution in [0, 0.1) is 0 Å². The van der Waals surface area contributed by atoms with Gasteiger partial charge in [0, 0.05) is 24.7 Å². The van der Waals surface area contributed by atoms with Crippen LogP contribution in [0.3, 0.4) is 0 Å². The molecule has 3 nitrogen and oxygen atoms in total. The topological polar surface area (TPSA) is 24.5 Å². The minimum absolute atomic E-state index is 0.452. The van der Waals surface area contributed by atoms with Crippen molar-refractivity contribution in [3.63, 3.8) is 0 Å². The number of nitrogens with one attached hydrogen (secondary N) is 1. The van der Waals surface area contributed by atoms with Gasteiger partial charge in [0.1, 0.15) is 5.75 Å². The third-order valence-electron chi connectivity index (χ3n) is 4.69. The predicted molar refractivity (Wildman–Crippen MR) is 99.3 cm³/mol. The zero-order valence-electron chi connectivity index (χ0n) is 14.6. The Labute approximate surface area is 145 Å². The summed E-state index contributed by atoms with van der Waals surface area (Å²) < 4.78 is 5.73. The minimum atomic E-state index is 0.452. The van der Waals surface area contributed by atoms with Crippen molar-refractivity contribution < 1.29 is 4.74 Å².